The first-order valence-electron chi connectivity index (χ1n) is 9.27. The van der Waals surface area contributed by atoms with Crippen molar-refractivity contribution in [1.82, 2.24) is 20.4 Å². The molecule has 8 nitrogen and oxygen atoms in total. The number of hydrogen-bond donors (Lipinski definition) is 2. The fourth-order valence-electron chi connectivity index (χ4n) is 2.32. The summed E-state index contributed by atoms with van der Waals surface area (Å²) in [6, 6.07) is 0.311. The van der Waals surface area contributed by atoms with Crippen LogP contribution in [0, 0.1) is 0 Å². The molecule has 1 aliphatic rings. The largest absolute Gasteiger partial charge is 0.444 e. The number of ether oxygens (including phenoxy) is 1. The van der Waals surface area contributed by atoms with E-state index in [0.29, 0.717) is 19.0 Å². The van der Waals surface area contributed by atoms with Crippen molar-refractivity contribution in [2.24, 2.45) is 4.99 Å². The Kier molecular flexibility index (Phi) is 8.17. The van der Waals surface area contributed by atoms with Crippen molar-refractivity contribution >= 4 is 18.0 Å². The zero-order valence-corrected chi connectivity index (χ0v) is 17.3. The maximum atomic E-state index is 12.2. The van der Waals surface area contributed by atoms with Crippen LogP contribution in [-0.2, 0) is 9.53 Å². The van der Waals surface area contributed by atoms with Crippen LogP contribution in [0.3, 0.4) is 0 Å². The molecule has 1 fully saturated rings. The average molecular weight is 370 g/mol. The summed E-state index contributed by atoms with van der Waals surface area (Å²) in [7, 11) is 3.42. The third kappa shape index (κ3) is 7.93. The van der Waals surface area contributed by atoms with Gasteiger partial charge in [-0.3, -0.25) is 4.79 Å². The van der Waals surface area contributed by atoms with Crippen molar-refractivity contribution in [3.63, 3.8) is 0 Å². The summed E-state index contributed by atoms with van der Waals surface area (Å²) in [6.45, 7) is 11.0. The van der Waals surface area contributed by atoms with Gasteiger partial charge in [-0.15, -0.1) is 0 Å². The highest BCUT2D eigenvalue weighted by atomic mass is 16.6. The van der Waals surface area contributed by atoms with Crippen LogP contribution in [0.5, 0.6) is 0 Å². The van der Waals surface area contributed by atoms with Crippen molar-refractivity contribution in [3.8, 4) is 0 Å². The van der Waals surface area contributed by atoms with Crippen molar-refractivity contribution in [2.75, 3.05) is 33.7 Å². The predicted molar refractivity (Wildman–Crippen MR) is 103 cm³/mol. The molecule has 0 spiro atoms. The normalized spacial score (nSPS) is 19.1. The Balaban J connectivity index is 2.66. The van der Waals surface area contributed by atoms with Gasteiger partial charge in [-0.25, -0.2) is 9.79 Å². The molecule has 150 valence electrons. The lowest BCUT2D eigenvalue weighted by molar-refractivity contribution is -0.127. The van der Waals surface area contributed by atoms with E-state index in [1.165, 1.54) is 4.90 Å². The summed E-state index contributed by atoms with van der Waals surface area (Å²) in [5, 5.41) is 6.65. The Bertz CT molecular complexity index is 513. The third-order valence-electron chi connectivity index (χ3n) is 4.05. The van der Waals surface area contributed by atoms with Gasteiger partial charge in [0.15, 0.2) is 5.96 Å². The fraction of sp³-hybridized carbons (Fsp3) is 0.833. The van der Waals surface area contributed by atoms with E-state index in [0.717, 1.165) is 12.8 Å². The molecule has 1 heterocycles. The highest BCUT2D eigenvalue weighted by Crippen LogP contribution is 2.15. The van der Waals surface area contributed by atoms with Gasteiger partial charge in [-0.05, 0) is 40.5 Å². The number of amides is 2. The Morgan fingerprint density at radius 3 is 2.54 bits per heavy atom. The van der Waals surface area contributed by atoms with Gasteiger partial charge in [-0.1, -0.05) is 6.92 Å². The fourth-order valence-corrected chi connectivity index (χ4v) is 2.32. The van der Waals surface area contributed by atoms with Gasteiger partial charge >= 0.3 is 6.09 Å². The number of nitrogens with zero attached hydrogens (tertiary/aromatic N) is 3. The Morgan fingerprint density at radius 1 is 1.35 bits per heavy atom. The van der Waals surface area contributed by atoms with Gasteiger partial charge in [0.2, 0.25) is 5.91 Å². The Labute approximate surface area is 157 Å². The van der Waals surface area contributed by atoms with E-state index in [2.05, 4.69) is 29.5 Å². The maximum Gasteiger partial charge on any atom is 0.410 e. The SMILES string of the molecule is CCC(C)NC(=NCC(=O)N(C)C)NC1CCN(C(=O)OC(C)(C)C)C1. The number of hydrogen-bond acceptors (Lipinski definition) is 4. The lowest BCUT2D eigenvalue weighted by atomic mass is 10.2. The zero-order valence-electron chi connectivity index (χ0n) is 17.3. The number of guanidine groups is 1. The number of carbonyl (C=O) groups is 2. The molecule has 2 N–H and O–H groups in total. The summed E-state index contributed by atoms with van der Waals surface area (Å²) in [5.41, 5.74) is -0.500. The van der Waals surface area contributed by atoms with E-state index < -0.39 is 5.60 Å². The van der Waals surface area contributed by atoms with Crippen LogP contribution < -0.4 is 10.6 Å². The summed E-state index contributed by atoms with van der Waals surface area (Å²) >= 11 is 0. The molecule has 0 saturated carbocycles. The van der Waals surface area contributed by atoms with Gasteiger partial charge in [0.05, 0.1) is 0 Å². The van der Waals surface area contributed by atoms with Crippen molar-refractivity contribution in [3.05, 3.63) is 0 Å². The molecule has 0 aromatic carbocycles. The van der Waals surface area contributed by atoms with E-state index in [1.807, 2.05) is 20.8 Å². The average Bonchev–Trinajstić information content (AvgIpc) is 2.99. The van der Waals surface area contributed by atoms with E-state index >= 15 is 0 Å². The molecule has 0 aromatic rings. The van der Waals surface area contributed by atoms with Crippen molar-refractivity contribution < 1.29 is 14.3 Å². The number of carbonyl (C=O) groups excluding carboxylic acids is 2. The lowest BCUT2D eigenvalue weighted by Gasteiger charge is -2.25. The first kappa shape index (κ1) is 22.1. The zero-order chi connectivity index (χ0) is 19.9. The minimum absolute atomic E-state index is 0.0583. The molecule has 0 aromatic heterocycles. The second kappa shape index (κ2) is 9.64. The van der Waals surface area contributed by atoms with E-state index in [1.54, 1.807) is 19.0 Å². The molecule has 26 heavy (non-hydrogen) atoms. The molecule has 2 atom stereocenters. The van der Waals surface area contributed by atoms with Gasteiger partial charge in [0.25, 0.3) is 0 Å². The number of aliphatic imine (C=N–C) groups is 1. The molecule has 2 unspecified atom stereocenters. The number of nitrogens with one attached hydrogen (secondary N) is 2. The van der Waals surface area contributed by atoms with Crippen LogP contribution in [-0.4, -0.2) is 79.2 Å². The van der Waals surface area contributed by atoms with Gasteiger partial charge in [0, 0.05) is 39.3 Å². The standard InChI is InChI=1S/C18H35N5O3/c1-8-13(2)20-16(19-11-15(24)22(6)7)21-14-9-10-23(12-14)17(25)26-18(3,4)5/h13-14H,8-12H2,1-7H3,(H2,19,20,21). The smallest absolute Gasteiger partial charge is 0.410 e. The first-order chi connectivity index (χ1) is 12.0. The quantitative estimate of drug-likeness (QED) is 0.565. The van der Waals surface area contributed by atoms with Crippen LogP contribution >= 0.6 is 0 Å². The van der Waals surface area contributed by atoms with Crippen LogP contribution in [0.2, 0.25) is 0 Å². The molecule has 1 aliphatic heterocycles. The van der Waals surface area contributed by atoms with Gasteiger partial charge < -0.3 is 25.2 Å². The number of likely N-dealkylation sites (N-methyl/N-ethyl adjacent to an activating group) is 1. The third-order valence-corrected chi connectivity index (χ3v) is 4.05. The van der Waals surface area contributed by atoms with Crippen molar-refractivity contribution in [1.29, 1.82) is 0 Å². The molecule has 2 amide bonds. The second-order valence-corrected chi connectivity index (χ2v) is 7.96. The summed E-state index contributed by atoms with van der Waals surface area (Å²) in [5.74, 6) is 0.544. The first-order valence-corrected chi connectivity index (χ1v) is 9.27. The molecule has 1 rings (SSSR count). The van der Waals surface area contributed by atoms with Crippen LogP contribution in [0.4, 0.5) is 4.79 Å². The molecule has 0 aliphatic carbocycles. The van der Waals surface area contributed by atoms with E-state index in [9.17, 15) is 9.59 Å². The Morgan fingerprint density at radius 2 is 2.00 bits per heavy atom. The summed E-state index contributed by atoms with van der Waals surface area (Å²) < 4.78 is 5.43. The lowest BCUT2D eigenvalue weighted by Crippen LogP contribution is -2.48. The van der Waals surface area contributed by atoms with Gasteiger partial charge in [-0.2, -0.15) is 0 Å². The highest BCUT2D eigenvalue weighted by Gasteiger charge is 2.30. The summed E-state index contributed by atoms with van der Waals surface area (Å²) in [4.78, 5) is 31.6. The van der Waals surface area contributed by atoms with E-state index in [-0.39, 0.29) is 30.6 Å². The second-order valence-electron chi connectivity index (χ2n) is 7.96. The minimum Gasteiger partial charge on any atom is -0.444 e. The molecule has 1 saturated heterocycles. The minimum atomic E-state index is -0.500. The monoisotopic (exact) mass is 369 g/mol. The molecule has 0 bridgehead atoms. The number of likely N-dealkylation sites (tertiary alicyclic amines) is 1. The molecule has 8 heteroatoms. The highest BCUT2D eigenvalue weighted by molar-refractivity contribution is 5.85. The molecular formula is C18H35N5O3. The topological polar surface area (TPSA) is 86.3 Å². The van der Waals surface area contributed by atoms with E-state index in [4.69, 9.17) is 4.74 Å². The van der Waals surface area contributed by atoms with Crippen molar-refractivity contribution in [2.45, 2.75) is 65.1 Å². The predicted octanol–water partition coefficient (Wildman–Crippen LogP) is 1.42. The molecule has 0 radical (unpaired) electrons. The van der Waals surface area contributed by atoms with Crippen LogP contribution in [0.25, 0.3) is 0 Å². The number of rotatable bonds is 5. The molecular weight excluding hydrogens is 334 g/mol. The van der Waals surface area contributed by atoms with Crippen LogP contribution in [0.1, 0.15) is 47.5 Å². The Hall–Kier alpha value is -1.99. The maximum absolute atomic E-state index is 12.2. The summed E-state index contributed by atoms with van der Waals surface area (Å²) in [6.07, 6.45) is 1.46. The van der Waals surface area contributed by atoms with Crippen LogP contribution in [0.15, 0.2) is 4.99 Å². The van der Waals surface area contributed by atoms with Gasteiger partial charge in [0.1, 0.15) is 12.1 Å².